The molecule has 0 saturated carbocycles. The van der Waals surface area contributed by atoms with Gasteiger partial charge in [-0.1, -0.05) is 12.1 Å². The Labute approximate surface area is 177 Å². The third kappa shape index (κ3) is 4.70. The second-order valence-corrected chi connectivity index (χ2v) is 6.76. The molecule has 4 heterocycles. The molecule has 4 rings (SSSR count). The normalized spacial score (nSPS) is 17.8. The minimum atomic E-state index is -0.743. The summed E-state index contributed by atoms with van der Waals surface area (Å²) < 4.78 is 0. The molecule has 0 aliphatic carbocycles. The molecule has 1 aliphatic rings. The lowest BCUT2D eigenvalue weighted by Crippen LogP contribution is -2.70. The fourth-order valence-corrected chi connectivity index (χ4v) is 3.12. The van der Waals surface area contributed by atoms with Crippen molar-refractivity contribution in [2.24, 2.45) is 0 Å². The highest BCUT2D eigenvalue weighted by atomic mass is 16.2. The van der Waals surface area contributed by atoms with Gasteiger partial charge < -0.3 is 10.6 Å². The third-order valence-electron chi connectivity index (χ3n) is 4.73. The van der Waals surface area contributed by atoms with Gasteiger partial charge in [0.15, 0.2) is 0 Å². The monoisotopic (exact) mass is 417 g/mol. The molecule has 3 aromatic rings. The summed E-state index contributed by atoms with van der Waals surface area (Å²) in [5.41, 5.74) is 3.03. The van der Waals surface area contributed by atoms with E-state index in [1.807, 2.05) is 0 Å². The summed E-state index contributed by atoms with van der Waals surface area (Å²) in [5.74, 6) is -0.441. The van der Waals surface area contributed by atoms with Crippen LogP contribution in [0.2, 0.25) is 0 Å². The molecule has 0 bridgehead atoms. The molecular formula is C21H19N7O3. The second-order valence-electron chi connectivity index (χ2n) is 6.76. The minimum Gasteiger partial charge on any atom is -0.309 e. The van der Waals surface area contributed by atoms with E-state index in [4.69, 9.17) is 0 Å². The van der Waals surface area contributed by atoms with Crippen LogP contribution in [0.5, 0.6) is 0 Å². The molecule has 1 saturated heterocycles. The van der Waals surface area contributed by atoms with Gasteiger partial charge in [0, 0.05) is 36.8 Å². The molecule has 10 nitrogen and oxygen atoms in total. The molecule has 1 fully saturated rings. The SMILES string of the molecule is O=C(NN1[C@@H](C(=O)Nc2ccccn2)C[C@@H]1C(=O)Nc1ccccn1)c1ccncc1. The van der Waals surface area contributed by atoms with Gasteiger partial charge in [-0.05, 0) is 36.4 Å². The lowest BCUT2D eigenvalue weighted by molar-refractivity contribution is -0.141. The maximum atomic E-state index is 12.8. The van der Waals surface area contributed by atoms with Crippen molar-refractivity contribution in [3.63, 3.8) is 0 Å². The molecule has 3 amide bonds. The molecule has 0 aromatic carbocycles. The maximum Gasteiger partial charge on any atom is 0.265 e. The molecule has 1 aliphatic heterocycles. The first-order chi connectivity index (χ1) is 15.1. The molecule has 156 valence electrons. The average molecular weight is 417 g/mol. The molecule has 0 radical (unpaired) electrons. The first kappa shape index (κ1) is 20.1. The van der Waals surface area contributed by atoms with Crippen LogP contribution in [-0.4, -0.2) is 49.8 Å². The zero-order valence-electron chi connectivity index (χ0n) is 16.3. The number of aromatic nitrogens is 3. The topological polar surface area (TPSA) is 129 Å². The first-order valence-electron chi connectivity index (χ1n) is 9.55. The fraction of sp³-hybridized carbons (Fsp3) is 0.143. The Kier molecular flexibility index (Phi) is 5.90. The molecule has 0 spiro atoms. The number of rotatable bonds is 6. The average Bonchev–Trinajstić information content (AvgIpc) is 2.78. The number of nitrogens with one attached hydrogen (secondary N) is 3. The van der Waals surface area contributed by atoms with E-state index in [2.05, 4.69) is 31.0 Å². The Morgan fingerprint density at radius 1 is 0.774 bits per heavy atom. The highest BCUT2D eigenvalue weighted by Gasteiger charge is 2.48. The van der Waals surface area contributed by atoms with Crippen LogP contribution in [0.3, 0.4) is 0 Å². The van der Waals surface area contributed by atoms with Crippen LogP contribution < -0.4 is 16.1 Å². The summed E-state index contributed by atoms with van der Waals surface area (Å²) in [5, 5.41) is 6.74. The highest BCUT2D eigenvalue weighted by Crippen LogP contribution is 2.26. The molecule has 3 N–H and O–H groups in total. The quantitative estimate of drug-likeness (QED) is 0.550. The van der Waals surface area contributed by atoms with E-state index >= 15 is 0 Å². The van der Waals surface area contributed by atoms with Crippen molar-refractivity contribution in [1.82, 2.24) is 25.4 Å². The summed E-state index contributed by atoms with van der Waals surface area (Å²) in [7, 11) is 0. The fourth-order valence-electron chi connectivity index (χ4n) is 3.12. The lowest BCUT2D eigenvalue weighted by atomic mass is 9.93. The number of hydrogen-bond acceptors (Lipinski definition) is 7. The van der Waals surface area contributed by atoms with Crippen LogP contribution in [0.1, 0.15) is 16.8 Å². The predicted octanol–water partition coefficient (Wildman–Crippen LogP) is 1.24. The van der Waals surface area contributed by atoms with Crippen molar-refractivity contribution in [3.05, 3.63) is 78.9 Å². The first-order valence-corrected chi connectivity index (χ1v) is 9.55. The minimum absolute atomic E-state index is 0.216. The van der Waals surface area contributed by atoms with Crippen molar-refractivity contribution < 1.29 is 14.4 Å². The molecule has 31 heavy (non-hydrogen) atoms. The molecule has 3 aromatic heterocycles. The standard InChI is InChI=1S/C21H19N7O3/c29-19(14-7-11-22-12-8-14)27-28-15(20(30)25-17-5-1-3-9-23-17)13-16(28)21(31)26-18-6-2-4-10-24-18/h1-12,15-16H,13H2,(H,27,29)(H,23,25,30)(H,24,26,31)/t15-,16-/m1/s1. The maximum absolute atomic E-state index is 12.8. The van der Waals surface area contributed by atoms with Crippen molar-refractivity contribution >= 4 is 29.4 Å². The lowest BCUT2D eigenvalue weighted by Gasteiger charge is -2.45. The Morgan fingerprint density at radius 2 is 1.32 bits per heavy atom. The van der Waals surface area contributed by atoms with Crippen LogP contribution in [0.15, 0.2) is 73.3 Å². The van der Waals surface area contributed by atoms with Gasteiger partial charge in [0.2, 0.25) is 11.8 Å². The number of nitrogens with zero attached hydrogens (tertiary/aromatic N) is 4. The van der Waals surface area contributed by atoms with Gasteiger partial charge in [0.1, 0.15) is 23.7 Å². The van der Waals surface area contributed by atoms with Crippen molar-refractivity contribution in [2.45, 2.75) is 18.5 Å². The summed E-state index contributed by atoms with van der Waals surface area (Å²) in [6, 6.07) is 11.9. The third-order valence-corrected chi connectivity index (χ3v) is 4.73. The van der Waals surface area contributed by atoms with E-state index < -0.39 is 18.0 Å². The largest absolute Gasteiger partial charge is 0.309 e. The van der Waals surface area contributed by atoms with Gasteiger partial charge in [0.05, 0.1) is 0 Å². The molecule has 0 unspecified atom stereocenters. The van der Waals surface area contributed by atoms with Gasteiger partial charge in [-0.25, -0.2) is 9.97 Å². The van der Waals surface area contributed by atoms with E-state index in [1.165, 1.54) is 17.4 Å². The highest BCUT2D eigenvalue weighted by molar-refractivity contribution is 6.01. The van der Waals surface area contributed by atoms with Gasteiger partial charge in [-0.2, -0.15) is 5.01 Å². The van der Waals surface area contributed by atoms with Crippen LogP contribution >= 0.6 is 0 Å². The van der Waals surface area contributed by atoms with Gasteiger partial charge in [0.25, 0.3) is 5.91 Å². The van der Waals surface area contributed by atoms with Crippen LogP contribution in [-0.2, 0) is 9.59 Å². The Balaban J connectivity index is 1.49. The smallest absolute Gasteiger partial charge is 0.265 e. The number of carbonyl (C=O) groups is 3. The Bertz CT molecular complexity index is 1000. The van der Waals surface area contributed by atoms with E-state index in [0.717, 1.165) is 0 Å². The van der Waals surface area contributed by atoms with Crippen molar-refractivity contribution in [3.8, 4) is 0 Å². The van der Waals surface area contributed by atoms with E-state index in [0.29, 0.717) is 17.2 Å². The van der Waals surface area contributed by atoms with Crippen LogP contribution in [0.25, 0.3) is 0 Å². The van der Waals surface area contributed by atoms with Crippen LogP contribution in [0.4, 0.5) is 11.6 Å². The van der Waals surface area contributed by atoms with E-state index in [1.54, 1.807) is 60.9 Å². The summed E-state index contributed by atoms with van der Waals surface area (Å²) in [4.78, 5) is 50.2. The summed E-state index contributed by atoms with van der Waals surface area (Å²) in [6.07, 6.45) is 6.31. The van der Waals surface area contributed by atoms with Gasteiger partial charge in [-0.15, -0.1) is 0 Å². The second kappa shape index (κ2) is 9.09. The molecular weight excluding hydrogens is 398 g/mol. The number of hydrazine groups is 1. The predicted molar refractivity (Wildman–Crippen MR) is 111 cm³/mol. The number of hydrogen-bond donors (Lipinski definition) is 3. The van der Waals surface area contributed by atoms with E-state index in [-0.39, 0.29) is 18.2 Å². The van der Waals surface area contributed by atoms with Gasteiger partial charge >= 0.3 is 0 Å². The van der Waals surface area contributed by atoms with Gasteiger partial charge in [-0.3, -0.25) is 24.8 Å². The summed E-state index contributed by atoms with van der Waals surface area (Å²) >= 11 is 0. The number of pyridine rings is 3. The van der Waals surface area contributed by atoms with Crippen molar-refractivity contribution in [2.75, 3.05) is 10.6 Å². The Hall–Kier alpha value is -4.18. The Morgan fingerprint density at radius 3 is 1.81 bits per heavy atom. The van der Waals surface area contributed by atoms with Crippen LogP contribution in [0, 0.1) is 0 Å². The zero-order valence-corrected chi connectivity index (χ0v) is 16.3. The molecule has 10 heteroatoms. The molecule has 2 atom stereocenters. The van der Waals surface area contributed by atoms with E-state index in [9.17, 15) is 14.4 Å². The van der Waals surface area contributed by atoms with Crippen molar-refractivity contribution in [1.29, 1.82) is 0 Å². The zero-order chi connectivity index (χ0) is 21.6. The number of anilines is 2. The summed E-state index contributed by atoms with van der Waals surface area (Å²) in [6.45, 7) is 0. The number of amides is 3. The number of carbonyl (C=O) groups excluding carboxylic acids is 3.